The van der Waals surface area contributed by atoms with Crippen molar-refractivity contribution in [2.75, 3.05) is 11.9 Å². The lowest BCUT2D eigenvalue weighted by Gasteiger charge is -2.44. The van der Waals surface area contributed by atoms with Crippen molar-refractivity contribution in [2.24, 2.45) is 4.99 Å². The van der Waals surface area contributed by atoms with Crippen molar-refractivity contribution in [3.05, 3.63) is 64.6 Å². The Labute approximate surface area is 150 Å². The molecule has 2 aliphatic rings. The van der Waals surface area contributed by atoms with E-state index in [2.05, 4.69) is 41.9 Å². The van der Waals surface area contributed by atoms with Gasteiger partial charge in [-0.2, -0.15) is 0 Å². The molecule has 5 rings (SSSR count). The summed E-state index contributed by atoms with van der Waals surface area (Å²) in [7, 11) is 2.04. The number of anilines is 1. The molecule has 1 aromatic heterocycles. The number of nitrogens with one attached hydrogen (secondary N) is 1. The van der Waals surface area contributed by atoms with E-state index in [4.69, 9.17) is 9.73 Å². The van der Waals surface area contributed by atoms with Gasteiger partial charge in [0.1, 0.15) is 11.4 Å². The first-order chi connectivity index (χ1) is 12.4. The number of aromatic amines is 1. The fraction of sp³-hybridized carbons (Fsp3) is 0.238. The molecule has 5 nitrogen and oxygen atoms in total. The number of fused-ring (bicyclic) bond motifs is 4. The van der Waals surface area contributed by atoms with Crippen LogP contribution in [0.5, 0.6) is 5.75 Å². The lowest BCUT2D eigenvalue weighted by molar-refractivity contribution is 0.0826. The maximum Gasteiger partial charge on any atom is 0.248 e. The second-order valence-corrected chi connectivity index (χ2v) is 7.47. The highest BCUT2D eigenvalue weighted by atomic mass is 16.5. The van der Waals surface area contributed by atoms with Crippen LogP contribution in [-0.2, 0) is 5.41 Å². The number of rotatable bonds is 0. The molecule has 2 aromatic carbocycles. The van der Waals surface area contributed by atoms with Gasteiger partial charge in [-0.25, -0.2) is 0 Å². The summed E-state index contributed by atoms with van der Waals surface area (Å²) in [5, 5.41) is 1.73. The third-order valence-electron chi connectivity index (χ3n) is 5.83. The van der Waals surface area contributed by atoms with Crippen molar-refractivity contribution in [1.29, 1.82) is 0 Å². The Morgan fingerprint density at radius 1 is 1.15 bits per heavy atom. The maximum atomic E-state index is 11.6. The molecule has 0 aliphatic carbocycles. The molecule has 1 unspecified atom stereocenters. The molecule has 3 aromatic rings. The average molecular weight is 345 g/mol. The van der Waals surface area contributed by atoms with Gasteiger partial charge in [-0.05, 0) is 36.9 Å². The van der Waals surface area contributed by atoms with Crippen LogP contribution in [0.3, 0.4) is 0 Å². The Balaban J connectivity index is 1.72. The summed E-state index contributed by atoms with van der Waals surface area (Å²) in [5.74, 6) is 0.722. The minimum atomic E-state index is -0.695. The van der Waals surface area contributed by atoms with Gasteiger partial charge in [0, 0.05) is 30.4 Å². The van der Waals surface area contributed by atoms with E-state index in [1.165, 1.54) is 5.56 Å². The van der Waals surface area contributed by atoms with Crippen molar-refractivity contribution in [1.82, 2.24) is 4.98 Å². The first-order valence-electron chi connectivity index (χ1n) is 8.67. The number of H-pyrrole nitrogens is 1. The van der Waals surface area contributed by atoms with Gasteiger partial charge in [-0.3, -0.25) is 9.79 Å². The molecule has 5 heteroatoms. The Hall–Kier alpha value is -3.08. The summed E-state index contributed by atoms with van der Waals surface area (Å²) in [6.45, 7) is 4.37. The van der Waals surface area contributed by atoms with Crippen molar-refractivity contribution in [3.8, 4) is 5.75 Å². The molecule has 26 heavy (non-hydrogen) atoms. The molecule has 0 radical (unpaired) electrons. The van der Waals surface area contributed by atoms with Crippen molar-refractivity contribution < 1.29 is 4.74 Å². The lowest BCUT2D eigenvalue weighted by Crippen LogP contribution is -2.61. The zero-order valence-electron chi connectivity index (χ0n) is 14.9. The van der Waals surface area contributed by atoms with Crippen molar-refractivity contribution >= 4 is 28.4 Å². The van der Waals surface area contributed by atoms with Gasteiger partial charge in [-0.15, -0.1) is 0 Å². The smallest absolute Gasteiger partial charge is 0.248 e. The van der Waals surface area contributed by atoms with E-state index < -0.39 is 5.72 Å². The van der Waals surface area contributed by atoms with E-state index in [1.807, 2.05) is 31.5 Å². The summed E-state index contributed by atoms with van der Waals surface area (Å²) in [6.07, 6.45) is 3.60. The Bertz CT molecular complexity index is 1150. The third-order valence-corrected chi connectivity index (χ3v) is 5.83. The molecule has 0 amide bonds. The number of para-hydroxylation sites is 1. The highest BCUT2D eigenvalue weighted by molar-refractivity contribution is 5.99. The largest absolute Gasteiger partial charge is 0.459 e. The SMILES string of the molecule is CN1c2ccccc2C(C)(C)C12C=Nc1c(ccc3cc(=O)[nH]cc13)O2. The summed E-state index contributed by atoms with van der Waals surface area (Å²) in [4.78, 5) is 21.3. The highest BCUT2D eigenvalue weighted by Gasteiger charge is 2.58. The van der Waals surface area contributed by atoms with Crippen LogP contribution in [0.1, 0.15) is 19.4 Å². The number of likely N-dealkylation sites (N-methyl/N-ethyl adjacent to an activating group) is 1. The predicted octanol–water partition coefficient (Wildman–Crippen LogP) is 3.75. The summed E-state index contributed by atoms with van der Waals surface area (Å²) in [5.41, 5.74) is 2.05. The quantitative estimate of drug-likeness (QED) is 0.675. The van der Waals surface area contributed by atoms with Crippen LogP contribution in [0.4, 0.5) is 11.4 Å². The molecule has 1 spiro atoms. The van der Waals surface area contributed by atoms with Crippen LogP contribution in [0, 0.1) is 0 Å². The van der Waals surface area contributed by atoms with Crippen LogP contribution in [0.15, 0.2) is 58.4 Å². The summed E-state index contributed by atoms with van der Waals surface area (Å²) in [6, 6.07) is 13.8. The van der Waals surface area contributed by atoms with Gasteiger partial charge in [0.15, 0.2) is 0 Å². The first-order valence-corrected chi connectivity index (χ1v) is 8.67. The second kappa shape index (κ2) is 4.75. The molecule has 2 aliphatic heterocycles. The number of benzene rings is 2. The van der Waals surface area contributed by atoms with E-state index >= 15 is 0 Å². The fourth-order valence-electron chi connectivity index (χ4n) is 4.30. The minimum Gasteiger partial charge on any atom is -0.459 e. The van der Waals surface area contributed by atoms with Gasteiger partial charge < -0.3 is 14.6 Å². The van der Waals surface area contributed by atoms with Gasteiger partial charge in [0.25, 0.3) is 0 Å². The molecule has 0 fully saturated rings. The molecule has 0 saturated carbocycles. The van der Waals surface area contributed by atoms with Gasteiger partial charge in [0.05, 0.1) is 11.6 Å². The fourth-order valence-corrected chi connectivity index (χ4v) is 4.30. The van der Waals surface area contributed by atoms with Crippen LogP contribution in [0.25, 0.3) is 10.8 Å². The summed E-state index contributed by atoms with van der Waals surface area (Å²) < 4.78 is 6.61. The van der Waals surface area contributed by atoms with Gasteiger partial charge >= 0.3 is 0 Å². The van der Waals surface area contributed by atoms with Crippen molar-refractivity contribution in [2.45, 2.75) is 25.0 Å². The zero-order valence-corrected chi connectivity index (χ0v) is 14.9. The van der Waals surface area contributed by atoms with E-state index in [1.54, 1.807) is 12.3 Å². The second-order valence-electron chi connectivity index (χ2n) is 7.47. The van der Waals surface area contributed by atoms with E-state index in [0.717, 1.165) is 27.9 Å². The van der Waals surface area contributed by atoms with Crippen LogP contribution in [-0.4, -0.2) is 24.0 Å². The highest BCUT2D eigenvalue weighted by Crippen LogP contribution is 2.53. The van der Waals surface area contributed by atoms with Crippen LogP contribution >= 0.6 is 0 Å². The molecule has 1 N–H and O–H groups in total. The van der Waals surface area contributed by atoms with E-state index in [0.29, 0.717) is 0 Å². The molecule has 0 saturated heterocycles. The Kier molecular flexibility index (Phi) is 2.78. The zero-order chi connectivity index (χ0) is 18.1. The Morgan fingerprint density at radius 2 is 1.96 bits per heavy atom. The molecular formula is C21H19N3O2. The van der Waals surface area contributed by atoms with E-state index in [9.17, 15) is 4.79 Å². The van der Waals surface area contributed by atoms with Gasteiger partial charge in [0.2, 0.25) is 11.3 Å². The molecule has 130 valence electrons. The summed E-state index contributed by atoms with van der Waals surface area (Å²) >= 11 is 0. The van der Waals surface area contributed by atoms with Crippen LogP contribution in [0.2, 0.25) is 0 Å². The Morgan fingerprint density at radius 3 is 2.77 bits per heavy atom. The monoisotopic (exact) mass is 345 g/mol. The molecule has 1 atom stereocenters. The molecule has 0 bridgehead atoms. The number of aromatic nitrogens is 1. The number of hydrogen-bond acceptors (Lipinski definition) is 4. The lowest BCUT2D eigenvalue weighted by atomic mass is 9.77. The third kappa shape index (κ3) is 1.70. The number of nitrogens with zero attached hydrogens (tertiary/aromatic N) is 2. The van der Waals surface area contributed by atoms with E-state index in [-0.39, 0.29) is 11.0 Å². The van der Waals surface area contributed by atoms with Crippen molar-refractivity contribution in [3.63, 3.8) is 0 Å². The maximum absolute atomic E-state index is 11.6. The predicted molar refractivity (Wildman–Crippen MR) is 104 cm³/mol. The normalized spacial score (nSPS) is 22.3. The minimum absolute atomic E-state index is 0.123. The number of hydrogen-bond donors (Lipinski definition) is 1. The number of pyridine rings is 1. The average Bonchev–Trinajstić information content (AvgIpc) is 2.80. The van der Waals surface area contributed by atoms with Gasteiger partial charge in [-0.1, -0.05) is 24.3 Å². The first kappa shape index (κ1) is 15.2. The number of ether oxygens (including phenoxy) is 1. The number of aliphatic imine (C=N–C) groups is 1. The molecular weight excluding hydrogens is 326 g/mol. The topological polar surface area (TPSA) is 57.7 Å². The standard InChI is InChI=1S/C21H19N3O2/c1-20(2)15-6-4-5-7-16(15)24(3)21(20)12-23-19-14-11-22-18(25)10-13(14)8-9-17(19)26-21/h4-12H,1-3H3,(H,22,25). The van der Waals surface area contributed by atoms with Crippen LogP contribution < -0.4 is 15.2 Å². The molecule has 3 heterocycles.